The lowest BCUT2D eigenvalue weighted by Gasteiger charge is -2.39. The van der Waals surface area contributed by atoms with Gasteiger partial charge in [-0.15, -0.1) is 0 Å². The zero-order valence-electron chi connectivity index (χ0n) is 14.6. The second-order valence-electron chi connectivity index (χ2n) is 6.67. The van der Waals surface area contributed by atoms with E-state index >= 15 is 0 Å². The Balaban J connectivity index is 1.61. The summed E-state index contributed by atoms with van der Waals surface area (Å²) in [5.74, 6) is -0.446. The van der Waals surface area contributed by atoms with Crippen molar-refractivity contribution >= 4 is 21.7 Å². The third-order valence-electron chi connectivity index (χ3n) is 4.90. The van der Waals surface area contributed by atoms with Crippen LogP contribution in [0.15, 0.2) is 53.4 Å². The molecule has 2 heterocycles. The van der Waals surface area contributed by atoms with E-state index in [0.29, 0.717) is 18.6 Å². The Morgan fingerprint density at radius 1 is 1.15 bits per heavy atom. The standard InChI is InChI=1S/C19H20N2O5S/c22-19(23)12-9-14-7-10-15(11-8-14)26-21-18-6-3-13-20(18)16-4-1-2-5-17(16)27(21,24)25/h1-2,4-5,7-8,10-11,18H,3,6,9,12-13H2,(H,22,23). The van der Waals surface area contributed by atoms with Crippen molar-refractivity contribution in [3.05, 3.63) is 54.1 Å². The van der Waals surface area contributed by atoms with Crippen LogP contribution in [-0.4, -0.2) is 36.7 Å². The van der Waals surface area contributed by atoms with Crippen LogP contribution in [0.1, 0.15) is 24.8 Å². The molecular formula is C19H20N2O5S. The third-order valence-corrected chi connectivity index (χ3v) is 6.59. The Hall–Kier alpha value is -2.58. The summed E-state index contributed by atoms with van der Waals surface area (Å²) in [6, 6.07) is 13.9. The molecule has 1 saturated heterocycles. The van der Waals surface area contributed by atoms with Gasteiger partial charge in [0.05, 0.1) is 5.69 Å². The second kappa shape index (κ2) is 6.86. The van der Waals surface area contributed by atoms with Gasteiger partial charge in [0.2, 0.25) is 0 Å². The monoisotopic (exact) mass is 388 g/mol. The van der Waals surface area contributed by atoms with E-state index in [1.54, 1.807) is 36.4 Å². The maximum atomic E-state index is 13.1. The summed E-state index contributed by atoms with van der Waals surface area (Å²) in [7, 11) is -3.78. The molecule has 1 N–H and O–H groups in total. The van der Waals surface area contributed by atoms with Crippen molar-refractivity contribution in [1.82, 2.24) is 4.47 Å². The number of hydroxylamine groups is 1. The van der Waals surface area contributed by atoms with Gasteiger partial charge in [-0.25, -0.2) is 8.42 Å². The fraction of sp³-hybridized carbons (Fsp3) is 0.316. The van der Waals surface area contributed by atoms with E-state index in [-0.39, 0.29) is 17.5 Å². The Kier molecular flexibility index (Phi) is 4.53. The van der Waals surface area contributed by atoms with Crippen LogP contribution in [0.3, 0.4) is 0 Å². The Morgan fingerprint density at radius 2 is 1.89 bits per heavy atom. The number of aliphatic carboxylic acids is 1. The fourth-order valence-electron chi connectivity index (χ4n) is 3.60. The summed E-state index contributed by atoms with van der Waals surface area (Å²) in [5.41, 5.74) is 1.59. The molecule has 4 rings (SSSR count). The molecule has 0 spiro atoms. The number of anilines is 1. The smallest absolute Gasteiger partial charge is 0.303 e. The summed E-state index contributed by atoms with van der Waals surface area (Å²) in [5, 5.41) is 8.77. The first kappa shape index (κ1) is 17.8. The first-order chi connectivity index (χ1) is 13.0. The number of fused-ring (bicyclic) bond motifs is 3. The van der Waals surface area contributed by atoms with Crippen LogP contribution in [-0.2, 0) is 21.2 Å². The van der Waals surface area contributed by atoms with Crippen LogP contribution >= 0.6 is 0 Å². The highest BCUT2D eigenvalue weighted by Crippen LogP contribution is 2.40. The Bertz CT molecular complexity index is 958. The summed E-state index contributed by atoms with van der Waals surface area (Å²) in [6.45, 7) is 0.783. The predicted octanol–water partition coefficient (Wildman–Crippen LogP) is 2.63. The van der Waals surface area contributed by atoms with Gasteiger partial charge in [0.15, 0.2) is 0 Å². The topological polar surface area (TPSA) is 87.2 Å². The van der Waals surface area contributed by atoms with Crippen LogP contribution in [0.2, 0.25) is 0 Å². The molecule has 7 nitrogen and oxygen atoms in total. The van der Waals surface area contributed by atoms with Gasteiger partial charge >= 0.3 is 5.97 Å². The molecule has 0 aromatic heterocycles. The minimum atomic E-state index is -3.78. The summed E-state index contributed by atoms with van der Waals surface area (Å²) in [4.78, 5) is 18.8. The molecule has 1 fully saturated rings. The molecule has 0 amide bonds. The SMILES string of the molecule is O=C(O)CCc1ccc(ON2C3CCCN3c3ccccc3S2(=O)=O)cc1. The molecule has 0 radical (unpaired) electrons. The molecule has 0 aliphatic carbocycles. The van der Waals surface area contributed by atoms with Gasteiger partial charge in [0, 0.05) is 13.0 Å². The van der Waals surface area contributed by atoms with Crippen LogP contribution < -0.4 is 9.74 Å². The number of sulfonamides is 1. The molecular weight excluding hydrogens is 368 g/mol. The first-order valence-electron chi connectivity index (χ1n) is 8.85. The van der Waals surface area contributed by atoms with Crippen LogP contribution in [0.5, 0.6) is 5.75 Å². The van der Waals surface area contributed by atoms with Gasteiger partial charge in [0.25, 0.3) is 10.0 Å². The average molecular weight is 388 g/mol. The highest BCUT2D eigenvalue weighted by atomic mass is 32.2. The highest BCUT2D eigenvalue weighted by molar-refractivity contribution is 7.89. The Labute approximate surface area is 157 Å². The quantitative estimate of drug-likeness (QED) is 0.847. The molecule has 1 unspecified atom stereocenters. The molecule has 1 atom stereocenters. The number of hydrogen-bond donors (Lipinski definition) is 1. The molecule has 2 aromatic carbocycles. The molecule has 0 saturated carbocycles. The molecule has 2 aliphatic heterocycles. The van der Waals surface area contributed by atoms with Crippen molar-refractivity contribution < 1.29 is 23.2 Å². The number of aryl methyl sites for hydroxylation is 1. The van der Waals surface area contributed by atoms with Crippen molar-refractivity contribution in [1.29, 1.82) is 0 Å². The van der Waals surface area contributed by atoms with E-state index in [9.17, 15) is 13.2 Å². The molecule has 2 aromatic rings. The Morgan fingerprint density at radius 3 is 2.63 bits per heavy atom. The van der Waals surface area contributed by atoms with Gasteiger partial charge in [0.1, 0.15) is 16.8 Å². The van der Waals surface area contributed by atoms with Gasteiger partial charge in [-0.2, -0.15) is 0 Å². The number of hydrogen-bond acceptors (Lipinski definition) is 5. The van der Waals surface area contributed by atoms with E-state index in [2.05, 4.69) is 4.90 Å². The second-order valence-corrected chi connectivity index (χ2v) is 8.42. The lowest BCUT2D eigenvalue weighted by atomic mass is 10.1. The normalized spacial score (nSPS) is 20.7. The maximum Gasteiger partial charge on any atom is 0.303 e. The number of carbonyl (C=O) groups is 1. The van der Waals surface area contributed by atoms with E-state index < -0.39 is 16.0 Å². The van der Waals surface area contributed by atoms with Crippen molar-refractivity contribution in [2.45, 2.75) is 36.7 Å². The zero-order valence-corrected chi connectivity index (χ0v) is 15.4. The summed E-state index contributed by atoms with van der Waals surface area (Å²) >= 11 is 0. The molecule has 2 aliphatic rings. The van der Waals surface area contributed by atoms with Gasteiger partial charge in [-0.3, -0.25) is 4.79 Å². The van der Waals surface area contributed by atoms with E-state index in [1.807, 2.05) is 12.1 Å². The van der Waals surface area contributed by atoms with Gasteiger partial charge < -0.3 is 14.8 Å². The number of benzene rings is 2. The molecule has 27 heavy (non-hydrogen) atoms. The van der Waals surface area contributed by atoms with E-state index in [4.69, 9.17) is 9.94 Å². The van der Waals surface area contributed by atoms with Crippen molar-refractivity contribution in [3.8, 4) is 5.75 Å². The lowest BCUT2D eigenvalue weighted by Crippen LogP contribution is -2.53. The first-order valence-corrected chi connectivity index (χ1v) is 10.3. The van der Waals surface area contributed by atoms with Crippen molar-refractivity contribution in [2.24, 2.45) is 0 Å². The number of para-hydroxylation sites is 1. The van der Waals surface area contributed by atoms with Gasteiger partial charge in [-0.05, 0) is 53.6 Å². The molecule has 142 valence electrons. The van der Waals surface area contributed by atoms with Crippen LogP contribution in [0.4, 0.5) is 5.69 Å². The summed E-state index contributed by atoms with van der Waals surface area (Å²) < 4.78 is 27.3. The highest BCUT2D eigenvalue weighted by Gasteiger charge is 2.46. The lowest BCUT2D eigenvalue weighted by molar-refractivity contribution is -0.136. The maximum absolute atomic E-state index is 13.1. The van der Waals surface area contributed by atoms with Gasteiger partial charge in [-0.1, -0.05) is 24.3 Å². The average Bonchev–Trinajstić information content (AvgIpc) is 3.14. The van der Waals surface area contributed by atoms with Crippen molar-refractivity contribution in [3.63, 3.8) is 0 Å². The number of rotatable bonds is 5. The minimum Gasteiger partial charge on any atom is -0.481 e. The number of carboxylic acid groups (broad SMARTS) is 1. The van der Waals surface area contributed by atoms with Crippen LogP contribution in [0, 0.1) is 0 Å². The van der Waals surface area contributed by atoms with Crippen molar-refractivity contribution in [2.75, 3.05) is 11.4 Å². The molecule has 8 heteroatoms. The largest absolute Gasteiger partial charge is 0.481 e. The minimum absolute atomic E-state index is 0.0501. The number of nitrogens with zero attached hydrogens (tertiary/aromatic N) is 2. The van der Waals surface area contributed by atoms with Crippen LogP contribution in [0.25, 0.3) is 0 Å². The number of carboxylic acids is 1. The van der Waals surface area contributed by atoms with E-state index in [1.165, 1.54) is 0 Å². The fourth-order valence-corrected chi connectivity index (χ4v) is 5.22. The summed E-state index contributed by atoms with van der Waals surface area (Å²) in [6.07, 6.45) is 1.69. The predicted molar refractivity (Wildman–Crippen MR) is 98.9 cm³/mol. The molecule has 0 bridgehead atoms. The third kappa shape index (κ3) is 3.26. The zero-order chi connectivity index (χ0) is 19.0. The van der Waals surface area contributed by atoms with E-state index in [0.717, 1.165) is 28.7 Å².